The first-order valence-electron chi connectivity index (χ1n) is 5.24. The van der Waals surface area contributed by atoms with Gasteiger partial charge in [0.25, 0.3) is 5.91 Å². The third-order valence-electron chi connectivity index (χ3n) is 2.28. The van der Waals surface area contributed by atoms with E-state index in [1.165, 1.54) is 13.2 Å². The van der Waals surface area contributed by atoms with E-state index in [2.05, 4.69) is 15.5 Å². The Morgan fingerprint density at radius 1 is 1.21 bits per heavy atom. The summed E-state index contributed by atoms with van der Waals surface area (Å²) in [6.45, 7) is 0. The molecule has 1 aromatic carbocycles. The fourth-order valence-electron chi connectivity index (χ4n) is 1.42. The van der Waals surface area contributed by atoms with E-state index < -0.39 is 0 Å². The Kier molecular flexibility index (Phi) is 4.19. The summed E-state index contributed by atoms with van der Waals surface area (Å²) in [6, 6.07) is 7.81. The van der Waals surface area contributed by atoms with Crippen molar-refractivity contribution in [2.75, 3.05) is 12.4 Å². The third kappa shape index (κ3) is 3.33. The van der Waals surface area contributed by atoms with Crippen molar-refractivity contribution in [3.8, 4) is 5.75 Å². The van der Waals surface area contributed by atoms with Gasteiger partial charge in [0, 0.05) is 5.02 Å². The number of ether oxygens (including phenoxy) is 1. The van der Waals surface area contributed by atoms with Crippen molar-refractivity contribution in [1.29, 1.82) is 0 Å². The van der Waals surface area contributed by atoms with Crippen LogP contribution in [0.5, 0.6) is 5.75 Å². The molecule has 0 saturated carbocycles. The molecule has 0 spiro atoms. The Labute approximate surface area is 119 Å². The molecule has 2 rings (SSSR count). The molecule has 0 fully saturated rings. The molecule has 2 aromatic rings. The van der Waals surface area contributed by atoms with Crippen LogP contribution in [-0.4, -0.2) is 23.2 Å². The van der Waals surface area contributed by atoms with Crippen molar-refractivity contribution in [2.45, 2.75) is 0 Å². The first-order chi connectivity index (χ1) is 9.10. The predicted molar refractivity (Wildman–Crippen MR) is 73.0 cm³/mol. The Morgan fingerprint density at radius 2 is 2.00 bits per heavy atom. The average Bonchev–Trinajstić information content (AvgIpc) is 2.41. The van der Waals surface area contributed by atoms with Crippen molar-refractivity contribution in [1.82, 2.24) is 10.2 Å². The summed E-state index contributed by atoms with van der Waals surface area (Å²) >= 11 is 11.4. The summed E-state index contributed by atoms with van der Waals surface area (Å²) in [5.41, 5.74) is 0.351. The molecular weight excluding hydrogens is 289 g/mol. The number of amides is 1. The van der Waals surface area contributed by atoms with E-state index >= 15 is 0 Å². The highest BCUT2D eigenvalue weighted by molar-refractivity contribution is 6.31. The van der Waals surface area contributed by atoms with Crippen molar-refractivity contribution in [3.05, 3.63) is 46.1 Å². The molecule has 1 amide bonds. The maximum Gasteiger partial charge on any atom is 0.260 e. The summed E-state index contributed by atoms with van der Waals surface area (Å²) in [5.74, 6) is 0.309. The lowest BCUT2D eigenvalue weighted by Gasteiger charge is -2.08. The van der Waals surface area contributed by atoms with Gasteiger partial charge in [-0.25, -0.2) is 0 Å². The SMILES string of the molecule is COc1cc(Cl)ccc1C(=O)Nc1ccc(Cl)nn1. The zero-order valence-corrected chi connectivity index (χ0v) is 11.4. The number of rotatable bonds is 3. The zero-order valence-electron chi connectivity index (χ0n) is 9.85. The minimum Gasteiger partial charge on any atom is -0.496 e. The van der Waals surface area contributed by atoms with Crippen LogP contribution in [-0.2, 0) is 0 Å². The first-order valence-corrected chi connectivity index (χ1v) is 6.00. The van der Waals surface area contributed by atoms with E-state index in [1.54, 1.807) is 24.3 Å². The largest absolute Gasteiger partial charge is 0.496 e. The summed E-state index contributed by atoms with van der Waals surface area (Å²) in [6.07, 6.45) is 0. The first kappa shape index (κ1) is 13.6. The van der Waals surface area contributed by atoms with Gasteiger partial charge in [-0.3, -0.25) is 4.79 Å². The summed E-state index contributed by atoms with van der Waals surface area (Å²) in [5, 5.41) is 10.7. The molecule has 0 aliphatic carbocycles. The van der Waals surface area contributed by atoms with E-state index in [4.69, 9.17) is 27.9 Å². The van der Waals surface area contributed by atoms with Crippen molar-refractivity contribution < 1.29 is 9.53 Å². The second kappa shape index (κ2) is 5.86. The molecule has 7 heteroatoms. The van der Waals surface area contributed by atoms with Crippen LogP contribution in [0.4, 0.5) is 5.82 Å². The van der Waals surface area contributed by atoms with Crippen LogP contribution in [0.1, 0.15) is 10.4 Å². The zero-order chi connectivity index (χ0) is 13.8. The fourth-order valence-corrected chi connectivity index (χ4v) is 1.68. The molecule has 19 heavy (non-hydrogen) atoms. The molecule has 0 radical (unpaired) electrons. The number of methoxy groups -OCH3 is 1. The standard InChI is InChI=1S/C12H9Cl2N3O2/c1-19-9-6-7(13)2-3-8(9)12(18)15-11-5-4-10(14)16-17-11/h2-6H,1H3,(H,15,17,18). The minimum atomic E-state index is -0.370. The van der Waals surface area contributed by atoms with Crippen LogP contribution in [0.25, 0.3) is 0 Å². The maximum atomic E-state index is 12.1. The number of hydrogen-bond donors (Lipinski definition) is 1. The molecule has 0 saturated heterocycles. The van der Waals surface area contributed by atoms with Crippen LogP contribution in [0.3, 0.4) is 0 Å². The normalized spacial score (nSPS) is 10.1. The molecule has 0 atom stereocenters. The molecule has 0 aliphatic heterocycles. The van der Waals surface area contributed by atoms with Gasteiger partial charge in [-0.1, -0.05) is 23.2 Å². The third-order valence-corrected chi connectivity index (χ3v) is 2.72. The highest BCUT2D eigenvalue weighted by Gasteiger charge is 2.13. The van der Waals surface area contributed by atoms with Crippen LogP contribution < -0.4 is 10.1 Å². The number of nitrogens with one attached hydrogen (secondary N) is 1. The van der Waals surface area contributed by atoms with Gasteiger partial charge in [-0.15, -0.1) is 10.2 Å². The number of aromatic nitrogens is 2. The highest BCUT2D eigenvalue weighted by Crippen LogP contribution is 2.23. The van der Waals surface area contributed by atoms with Crippen LogP contribution in [0, 0.1) is 0 Å². The number of carbonyl (C=O) groups is 1. The molecule has 0 aliphatic rings. The lowest BCUT2D eigenvalue weighted by Crippen LogP contribution is -2.14. The number of carbonyl (C=O) groups excluding carboxylic acids is 1. The maximum absolute atomic E-state index is 12.1. The fraction of sp³-hybridized carbons (Fsp3) is 0.0833. The summed E-state index contributed by atoms with van der Waals surface area (Å²) < 4.78 is 5.10. The van der Waals surface area contributed by atoms with Gasteiger partial charge in [0.15, 0.2) is 11.0 Å². The van der Waals surface area contributed by atoms with Crippen molar-refractivity contribution in [3.63, 3.8) is 0 Å². The second-order valence-electron chi connectivity index (χ2n) is 3.54. The number of hydrogen-bond acceptors (Lipinski definition) is 4. The van der Waals surface area contributed by atoms with Crippen LogP contribution >= 0.6 is 23.2 Å². The van der Waals surface area contributed by atoms with Crippen molar-refractivity contribution in [2.24, 2.45) is 0 Å². The summed E-state index contributed by atoms with van der Waals surface area (Å²) in [4.78, 5) is 12.1. The number of benzene rings is 1. The Hall–Kier alpha value is -1.85. The van der Waals surface area contributed by atoms with Gasteiger partial charge in [0.1, 0.15) is 5.75 Å². The van der Waals surface area contributed by atoms with E-state index in [9.17, 15) is 4.79 Å². The monoisotopic (exact) mass is 297 g/mol. The van der Waals surface area contributed by atoms with Crippen molar-refractivity contribution >= 4 is 34.9 Å². The lowest BCUT2D eigenvalue weighted by molar-refractivity contribution is 0.102. The molecular formula is C12H9Cl2N3O2. The van der Waals surface area contributed by atoms with E-state index in [0.29, 0.717) is 22.2 Å². The molecule has 1 N–H and O–H groups in total. The van der Waals surface area contributed by atoms with Crippen LogP contribution in [0.2, 0.25) is 10.2 Å². The van der Waals surface area contributed by atoms with E-state index in [-0.39, 0.29) is 11.1 Å². The second-order valence-corrected chi connectivity index (χ2v) is 4.36. The molecule has 0 unspecified atom stereocenters. The van der Waals surface area contributed by atoms with Gasteiger partial charge in [0.05, 0.1) is 12.7 Å². The molecule has 1 aromatic heterocycles. The molecule has 98 valence electrons. The van der Waals surface area contributed by atoms with E-state index in [1.807, 2.05) is 0 Å². The molecule has 0 bridgehead atoms. The van der Waals surface area contributed by atoms with Gasteiger partial charge in [0.2, 0.25) is 0 Å². The summed E-state index contributed by atoms with van der Waals surface area (Å²) in [7, 11) is 1.46. The number of anilines is 1. The Balaban J connectivity index is 2.22. The lowest BCUT2D eigenvalue weighted by atomic mass is 10.2. The highest BCUT2D eigenvalue weighted by atomic mass is 35.5. The number of nitrogens with zero attached hydrogens (tertiary/aromatic N) is 2. The average molecular weight is 298 g/mol. The topological polar surface area (TPSA) is 64.1 Å². The molecule has 1 heterocycles. The van der Waals surface area contributed by atoms with Gasteiger partial charge < -0.3 is 10.1 Å². The number of halogens is 2. The van der Waals surface area contributed by atoms with Crippen LogP contribution in [0.15, 0.2) is 30.3 Å². The van der Waals surface area contributed by atoms with Gasteiger partial charge in [-0.05, 0) is 30.3 Å². The smallest absolute Gasteiger partial charge is 0.260 e. The van der Waals surface area contributed by atoms with Gasteiger partial charge >= 0.3 is 0 Å². The predicted octanol–water partition coefficient (Wildman–Crippen LogP) is 3.04. The van der Waals surface area contributed by atoms with E-state index in [0.717, 1.165) is 0 Å². The Bertz CT molecular complexity index is 602. The van der Waals surface area contributed by atoms with Gasteiger partial charge in [-0.2, -0.15) is 0 Å². The quantitative estimate of drug-likeness (QED) is 0.946. The minimum absolute atomic E-state index is 0.252. The molecule has 5 nitrogen and oxygen atoms in total. The Morgan fingerprint density at radius 3 is 2.63 bits per heavy atom.